The van der Waals surface area contributed by atoms with Crippen LogP contribution in [0.4, 0.5) is 10.5 Å². The summed E-state index contributed by atoms with van der Waals surface area (Å²) in [6.45, 7) is 4.05. The molecule has 3 heterocycles. The first-order valence-corrected chi connectivity index (χ1v) is 13.0. The molecule has 2 fully saturated rings. The Balaban J connectivity index is 1.03. The molecule has 1 amide bonds. The van der Waals surface area contributed by atoms with Gasteiger partial charge in [-0.15, -0.1) is 0 Å². The van der Waals surface area contributed by atoms with Crippen LogP contribution in [-0.2, 0) is 20.8 Å². The summed E-state index contributed by atoms with van der Waals surface area (Å²) in [7, 11) is 0. The third-order valence-electron chi connectivity index (χ3n) is 7.63. The van der Waals surface area contributed by atoms with E-state index < -0.39 is 0 Å². The van der Waals surface area contributed by atoms with Gasteiger partial charge >= 0.3 is 6.09 Å². The molecule has 0 unspecified atom stereocenters. The van der Waals surface area contributed by atoms with Crippen molar-refractivity contribution in [3.8, 4) is 0 Å². The van der Waals surface area contributed by atoms with Crippen molar-refractivity contribution in [2.24, 2.45) is 5.92 Å². The van der Waals surface area contributed by atoms with Gasteiger partial charge in [0, 0.05) is 38.3 Å². The SMILES string of the molecule is O=C(OCc1ccccc1)N1CCC(c2ccc(N3CCC(CCC4OC=CO4)CC3)cc2)CC1. The molecule has 0 aliphatic carbocycles. The van der Waals surface area contributed by atoms with Crippen LogP contribution in [0.1, 0.15) is 55.6 Å². The van der Waals surface area contributed by atoms with Gasteiger partial charge in [0.25, 0.3) is 0 Å². The van der Waals surface area contributed by atoms with E-state index in [0.29, 0.717) is 12.5 Å². The summed E-state index contributed by atoms with van der Waals surface area (Å²) in [5.41, 5.74) is 3.72. The zero-order valence-corrected chi connectivity index (χ0v) is 20.4. The number of nitrogens with zero attached hydrogens (tertiary/aromatic N) is 2. The molecule has 0 bridgehead atoms. The molecule has 186 valence electrons. The Morgan fingerprint density at radius 2 is 1.51 bits per heavy atom. The molecule has 0 spiro atoms. The maximum atomic E-state index is 12.4. The molecular weight excluding hydrogens is 440 g/mol. The second-order valence-corrected chi connectivity index (χ2v) is 9.87. The molecular formula is C29H36N2O4. The second-order valence-electron chi connectivity index (χ2n) is 9.87. The molecule has 0 aromatic heterocycles. The summed E-state index contributed by atoms with van der Waals surface area (Å²) < 4.78 is 16.3. The highest BCUT2D eigenvalue weighted by atomic mass is 16.7. The van der Waals surface area contributed by atoms with E-state index in [1.807, 2.05) is 35.2 Å². The van der Waals surface area contributed by atoms with E-state index in [9.17, 15) is 4.79 Å². The summed E-state index contributed by atoms with van der Waals surface area (Å²) in [5.74, 6) is 1.25. The topological polar surface area (TPSA) is 51.2 Å². The molecule has 3 aliphatic rings. The Labute approximate surface area is 208 Å². The van der Waals surface area contributed by atoms with Gasteiger partial charge in [0.2, 0.25) is 6.29 Å². The predicted octanol–water partition coefficient (Wildman–Crippen LogP) is 6.04. The molecule has 3 aliphatic heterocycles. The Morgan fingerprint density at radius 3 is 2.20 bits per heavy atom. The smallest absolute Gasteiger partial charge is 0.410 e. The van der Waals surface area contributed by atoms with Crippen molar-refractivity contribution < 1.29 is 19.0 Å². The van der Waals surface area contributed by atoms with Crippen molar-refractivity contribution in [1.29, 1.82) is 0 Å². The zero-order valence-electron chi connectivity index (χ0n) is 20.4. The van der Waals surface area contributed by atoms with Crippen LogP contribution in [0.3, 0.4) is 0 Å². The molecule has 0 radical (unpaired) electrons. The number of ether oxygens (including phenoxy) is 3. The van der Waals surface area contributed by atoms with Gasteiger partial charge in [0.15, 0.2) is 0 Å². The maximum absolute atomic E-state index is 12.4. The van der Waals surface area contributed by atoms with Crippen molar-refractivity contribution in [3.63, 3.8) is 0 Å². The second kappa shape index (κ2) is 11.5. The number of carbonyl (C=O) groups is 1. The number of benzene rings is 2. The minimum atomic E-state index is -0.203. The lowest BCUT2D eigenvalue weighted by atomic mass is 9.89. The highest BCUT2D eigenvalue weighted by Gasteiger charge is 2.26. The molecule has 0 saturated carbocycles. The Bertz CT molecular complexity index is 954. The van der Waals surface area contributed by atoms with E-state index in [1.165, 1.54) is 24.1 Å². The van der Waals surface area contributed by atoms with Gasteiger partial charge in [-0.25, -0.2) is 4.79 Å². The van der Waals surface area contributed by atoms with Gasteiger partial charge in [0.1, 0.15) is 19.1 Å². The average molecular weight is 477 g/mol. The standard InChI is InChI=1S/C29H36N2O4/c32-29(35-22-24-4-2-1-3-5-24)31-18-14-26(15-19-31)25-7-9-27(10-8-25)30-16-12-23(13-17-30)6-11-28-33-20-21-34-28/h1-5,7-10,20-21,23,26,28H,6,11-19,22H2. The Morgan fingerprint density at radius 1 is 0.829 bits per heavy atom. The molecule has 6 heteroatoms. The van der Waals surface area contributed by atoms with E-state index >= 15 is 0 Å². The number of likely N-dealkylation sites (tertiary alicyclic amines) is 1. The number of amides is 1. The summed E-state index contributed by atoms with van der Waals surface area (Å²) in [6, 6.07) is 19.0. The number of carbonyl (C=O) groups excluding carboxylic acids is 1. The van der Waals surface area contributed by atoms with E-state index in [-0.39, 0.29) is 12.4 Å². The number of hydrogen-bond acceptors (Lipinski definition) is 5. The molecule has 35 heavy (non-hydrogen) atoms. The van der Waals surface area contributed by atoms with Gasteiger partial charge in [-0.1, -0.05) is 42.5 Å². The first-order valence-electron chi connectivity index (χ1n) is 13.0. The van der Waals surface area contributed by atoms with Gasteiger partial charge in [-0.2, -0.15) is 0 Å². The van der Waals surface area contributed by atoms with Gasteiger partial charge in [0.05, 0.1) is 0 Å². The van der Waals surface area contributed by atoms with E-state index in [2.05, 4.69) is 29.2 Å². The fourth-order valence-corrected chi connectivity index (χ4v) is 5.42. The van der Waals surface area contributed by atoms with Gasteiger partial charge in [-0.05, 0) is 67.2 Å². The van der Waals surface area contributed by atoms with Crippen LogP contribution in [0.2, 0.25) is 0 Å². The molecule has 0 atom stereocenters. The van der Waals surface area contributed by atoms with Crippen LogP contribution in [0.5, 0.6) is 0 Å². The maximum Gasteiger partial charge on any atom is 0.410 e. The van der Waals surface area contributed by atoms with Crippen molar-refractivity contribution in [1.82, 2.24) is 4.90 Å². The normalized spacial score (nSPS) is 19.4. The van der Waals surface area contributed by atoms with Gasteiger partial charge < -0.3 is 24.0 Å². The first-order chi connectivity index (χ1) is 17.2. The number of piperidine rings is 2. The zero-order chi connectivity index (χ0) is 23.9. The molecule has 2 saturated heterocycles. The van der Waals surface area contributed by atoms with E-state index in [0.717, 1.165) is 63.3 Å². The average Bonchev–Trinajstić information content (AvgIpc) is 3.46. The molecule has 2 aromatic rings. The lowest BCUT2D eigenvalue weighted by Crippen LogP contribution is -2.38. The third-order valence-corrected chi connectivity index (χ3v) is 7.63. The van der Waals surface area contributed by atoms with Crippen LogP contribution < -0.4 is 4.90 Å². The van der Waals surface area contributed by atoms with Crippen molar-refractivity contribution in [2.75, 3.05) is 31.1 Å². The third kappa shape index (κ3) is 6.30. The molecule has 6 nitrogen and oxygen atoms in total. The quantitative estimate of drug-likeness (QED) is 0.487. The fourth-order valence-electron chi connectivity index (χ4n) is 5.42. The lowest BCUT2D eigenvalue weighted by molar-refractivity contribution is -0.0324. The van der Waals surface area contributed by atoms with Crippen LogP contribution in [0.15, 0.2) is 67.1 Å². The van der Waals surface area contributed by atoms with Crippen molar-refractivity contribution in [3.05, 3.63) is 78.2 Å². The van der Waals surface area contributed by atoms with E-state index in [1.54, 1.807) is 12.5 Å². The van der Waals surface area contributed by atoms with Crippen LogP contribution >= 0.6 is 0 Å². The highest BCUT2D eigenvalue weighted by Crippen LogP contribution is 2.32. The summed E-state index contributed by atoms with van der Waals surface area (Å²) in [6.07, 6.45) is 9.54. The van der Waals surface area contributed by atoms with Crippen LogP contribution in [0.25, 0.3) is 0 Å². The monoisotopic (exact) mass is 476 g/mol. The van der Waals surface area contributed by atoms with Crippen LogP contribution in [-0.4, -0.2) is 43.5 Å². The minimum Gasteiger partial charge on any atom is -0.459 e. The lowest BCUT2D eigenvalue weighted by Gasteiger charge is -2.34. The largest absolute Gasteiger partial charge is 0.459 e. The summed E-state index contributed by atoms with van der Waals surface area (Å²) in [4.78, 5) is 16.8. The van der Waals surface area contributed by atoms with Crippen molar-refractivity contribution >= 4 is 11.8 Å². The summed E-state index contributed by atoms with van der Waals surface area (Å²) >= 11 is 0. The molecule has 2 aromatic carbocycles. The van der Waals surface area contributed by atoms with Crippen LogP contribution in [0, 0.1) is 5.92 Å². The number of anilines is 1. The Kier molecular flexibility index (Phi) is 7.76. The predicted molar refractivity (Wildman–Crippen MR) is 136 cm³/mol. The summed E-state index contributed by atoms with van der Waals surface area (Å²) in [5, 5.41) is 0. The first kappa shape index (κ1) is 23.6. The molecule has 5 rings (SSSR count). The van der Waals surface area contributed by atoms with E-state index in [4.69, 9.17) is 14.2 Å². The fraction of sp³-hybridized carbons (Fsp3) is 0.483. The Hall–Kier alpha value is -3.15. The van der Waals surface area contributed by atoms with Crippen molar-refractivity contribution in [2.45, 2.75) is 57.3 Å². The number of hydrogen-bond donors (Lipinski definition) is 0. The minimum absolute atomic E-state index is 0.0765. The highest BCUT2D eigenvalue weighted by molar-refractivity contribution is 5.67. The number of rotatable bonds is 7. The van der Waals surface area contributed by atoms with Gasteiger partial charge in [-0.3, -0.25) is 0 Å². The molecule has 0 N–H and O–H groups in total.